The van der Waals surface area contributed by atoms with Crippen LogP contribution in [0.2, 0.25) is 0 Å². The van der Waals surface area contributed by atoms with Crippen LogP contribution in [0.3, 0.4) is 0 Å². The Morgan fingerprint density at radius 2 is 2.05 bits per heavy atom. The lowest BCUT2D eigenvalue weighted by molar-refractivity contribution is -0.0494. The molecule has 0 bridgehead atoms. The Morgan fingerprint density at radius 1 is 1.30 bits per heavy atom. The summed E-state index contributed by atoms with van der Waals surface area (Å²) in [7, 11) is 0. The molecular formula is C14H16F2N2OS. The van der Waals surface area contributed by atoms with Gasteiger partial charge in [0, 0.05) is 17.5 Å². The Labute approximate surface area is 120 Å². The number of hydrogen-bond acceptors (Lipinski definition) is 4. The third-order valence-corrected chi connectivity index (χ3v) is 3.34. The van der Waals surface area contributed by atoms with Crippen molar-refractivity contribution in [2.75, 3.05) is 11.9 Å². The maximum Gasteiger partial charge on any atom is 0.387 e. The van der Waals surface area contributed by atoms with Gasteiger partial charge < -0.3 is 10.1 Å². The van der Waals surface area contributed by atoms with E-state index in [2.05, 4.69) is 28.9 Å². The van der Waals surface area contributed by atoms with Crippen molar-refractivity contribution >= 4 is 16.5 Å². The van der Waals surface area contributed by atoms with E-state index >= 15 is 0 Å². The molecular weight excluding hydrogens is 282 g/mol. The van der Waals surface area contributed by atoms with Crippen LogP contribution in [-0.2, 0) is 0 Å². The van der Waals surface area contributed by atoms with E-state index in [0.29, 0.717) is 17.2 Å². The number of hydrogen-bond donors (Lipinski definition) is 1. The minimum atomic E-state index is -2.84. The molecule has 0 atom stereocenters. The molecule has 1 aromatic heterocycles. The zero-order chi connectivity index (χ0) is 14.5. The van der Waals surface area contributed by atoms with Gasteiger partial charge in [0.1, 0.15) is 5.75 Å². The van der Waals surface area contributed by atoms with Gasteiger partial charge in [0.2, 0.25) is 0 Å². The molecule has 1 aromatic carbocycles. The van der Waals surface area contributed by atoms with Gasteiger partial charge in [-0.1, -0.05) is 26.0 Å². The highest BCUT2D eigenvalue weighted by molar-refractivity contribution is 7.14. The summed E-state index contributed by atoms with van der Waals surface area (Å²) in [6.45, 7) is 2.19. The number of aromatic nitrogens is 1. The van der Waals surface area contributed by atoms with Gasteiger partial charge in [-0.3, -0.25) is 0 Å². The maximum absolute atomic E-state index is 12.4. The highest BCUT2D eigenvalue weighted by Gasteiger charge is 2.13. The summed E-state index contributed by atoms with van der Waals surface area (Å²) < 4.78 is 29.3. The van der Waals surface area contributed by atoms with Crippen LogP contribution in [0.25, 0.3) is 11.3 Å². The standard InChI is InChI=1S/C14H16F2N2OS/c1-9(2)7-17-14-18-11(8-20-14)10-5-3-4-6-12(10)19-13(15)16/h3-6,8-9,13H,7H2,1-2H3,(H,17,18). The van der Waals surface area contributed by atoms with Crippen molar-refractivity contribution < 1.29 is 13.5 Å². The molecule has 0 aliphatic rings. The van der Waals surface area contributed by atoms with Gasteiger partial charge in [0.05, 0.1) is 5.69 Å². The van der Waals surface area contributed by atoms with E-state index in [0.717, 1.165) is 11.7 Å². The zero-order valence-corrected chi connectivity index (χ0v) is 12.1. The van der Waals surface area contributed by atoms with Crippen molar-refractivity contribution in [3.8, 4) is 17.0 Å². The summed E-state index contributed by atoms with van der Waals surface area (Å²) in [6, 6.07) is 6.67. The molecule has 0 radical (unpaired) electrons. The average molecular weight is 298 g/mol. The van der Waals surface area contributed by atoms with E-state index in [1.54, 1.807) is 18.2 Å². The second-order valence-electron chi connectivity index (χ2n) is 4.69. The van der Waals surface area contributed by atoms with Crippen molar-refractivity contribution in [3.05, 3.63) is 29.6 Å². The highest BCUT2D eigenvalue weighted by atomic mass is 32.1. The number of rotatable bonds is 6. The number of halogens is 2. The molecule has 0 fully saturated rings. The van der Waals surface area contributed by atoms with E-state index in [-0.39, 0.29) is 5.75 Å². The first-order valence-corrected chi connectivity index (χ1v) is 7.18. The number of nitrogens with zero attached hydrogens (tertiary/aromatic N) is 1. The fraction of sp³-hybridized carbons (Fsp3) is 0.357. The predicted octanol–water partition coefficient (Wildman–Crippen LogP) is 4.48. The van der Waals surface area contributed by atoms with Crippen LogP contribution in [-0.4, -0.2) is 18.1 Å². The first kappa shape index (κ1) is 14.7. The van der Waals surface area contributed by atoms with Gasteiger partial charge in [-0.15, -0.1) is 11.3 Å². The Bertz CT molecular complexity index is 558. The Kier molecular flexibility index (Phi) is 4.89. The molecule has 108 valence electrons. The van der Waals surface area contributed by atoms with E-state index in [1.165, 1.54) is 17.4 Å². The molecule has 0 aliphatic heterocycles. The summed E-state index contributed by atoms with van der Waals surface area (Å²) in [5.74, 6) is 0.653. The molecule has 0 saturated heterocycles. The summed E-state index contributed by atoms with van der Waals surface area (Å²) in [6.07, 6.45) is 0. The fourth-order valence-electron chi connectivity index (χ4n) is 1.65. The normalized spacial score (nSPS) is 11.1. The van der Waals surface area contributed by atoms with Gasteiger partial charge >= 0.3 is 6.61 Å². The molecule has 6 heteroatoms. The second kappa shape index (κ2) is 6.65. The monoisotopic (exact) mass is 298 g/mol. The van der Waals surface area contributed by atoms with Crippen LogP contribution in [0.1, 0.15) is 13.8 Å². The third-order valence-electron chi connectivity index (χ3n) is 2.54. The molecule has 3 nitrogen and oxygen atoms in total. The molecule has 1 N–H and O–H groups in total. The SMILES string of the molecule is CC(C)CNc1nc(-c2ccccc2OC(F)F)cs1. The van der Waals surface area contributed by atoms with E-state index in [4.69, 9.17) is 0 Å². The van der Waals surface area contributed by atoms with Crippen molar-refractivity contribution in [1.82, 2.24) is 4.98 Å². The number of para-hydroxylation sites is 1. The van der Waals surface area contributed by atoms with Gasteiger partial charge in [-0.2, -0.15) is 8.78 Å². The number of benzene rings is 1. The van der Waals surface area contributed by atoms with Gasteiger partial charge in [0.25, 0.3) is 0 Å². The Morgan fingerprint density at radius 3 is 2.75 bits per heavy atom. The van der Waals surface area contributed by atoms with Gasteiger partial charge in [-0.05, 0) is 18.1 Å². The van der Waals surface area contributed by atoms with Crippen LogP contribution < -0.4 is 10.1 Å². The second-order valence-corrected chi connectivity index (χ2v) is 5.55. The first-order chi connectivity index (χ1) is 9.56. The smallest absolute Gasteiger partial charge is 0.387 e. The fourth-order valence-corrected chi connectivity index (χ4v) is 2.37. The van der Waals surface area contributed by atoms with Crippen LogP contribution in [0.4, 0.5) is 13.9 Å². The molecule has 1 heterocycles. The van der Waals surface area contributed by atoms with E-state index in [1.807, 2.05) is 5.38 Å². The summed E-state index contributed by atoms with van der Waals surface area (Å²) >= 11 is 1.45. The molecule has 0 aliphatic carbocycles. The minimum Gasteiger partial charge on any atom is -0.434 e. The number of anilines is 1. The van der Waals surface area contributed by atoms with E-state index < -0.39 is 6.61 Å². The number of nitrogens with one attached hydrogen (secondary N) is 1. The molecule has 0 saturated carbocycles. The Hall–Kier alpha value is -1.69. The number of alkyl halides is 2. The average Bonchev–Trinajstić information content (AvgIpc) is 2.85. The van der Waals surface area contributed by atoms with Crippen molar-refractivity contribution in [1.29, 1.82) is 0 Å². The number of thiazole rings is 1. The molecule has 0 unspecified atom stereocenters. The molecule has 0 amide bonds. The van der Waals surface area contributed by atoms with Crippen LogP contribution in [0, 0.1) is 5.92 Å². The summed E-state index contributed by atoms with van der Waals surface area (Å²) in [5.41, 5.74) is 1.21. The Balaban J connectivity index is 2.19. The van der Waals surface area contributed by atoms with E-state index in [9.17, 15) is 8.78 Å². The lowest BCUT2D eigenvalue weighted by Crippen LogP contribution is -2.07. The zero-order valence-electron chi connectivity index (χ0n) is 11.3. The maximum atomic E-state index is 12.4. The molecule has 20 heavy (non-hydrogen) atoms. The largest absolute Gasteiger partial charge is 0.434 e. The molecule has 0 spiro atoms. The third kappa shape index (κ3) is 3.90. The minimum absolute atomic E-state index is 0.142. The van der Waals surface area contributed by atoms with Crippen LogP contribution in [0.5, 0.6) is 5.75 Å². The lowest BCUT2D eigenvalue weighted by atomic mass is 10.1. The van der Waals surface area contributed by atoms with Crippen molar-refractivity contribution in [3.63, 3.8) is 0 Å². The summed E-state index contributed by atoms with van der Waals surface area (Å²) in [4.78, 5) is 4.40. The van der Waals surface area contributed by atoms with Gasteiger partial charge in [-0.25, -0.2) is 4.98 Å². The van der Waals surface area contributed by atoms with Crippen molar-refractivity contribution in [2.24, 2.45) is 5.92 Å². The number of ether oxygens (including phenoxy) is 1. The van der Waals surface area contributed by atoms with Crippen LogP contribution in [0.15, 0.2) is 29.6 Å². The molecule has 2 aromatic rings. The first-order valence-electron chi connectivity index (χ1n) is 6.30. The van der Waals surface area contributed by atoms with Crippen LogP contribution >= 0.6 is 11.3 Å². The lowest BCUT2D eigenvalue weighted by Gasteiger charge is -2.08. The summed E-state index contributed by atoms with van der Waals surface area (Å²) in [5, 5.41) is 5.82. The van der Waals surface area contributed by atoms with Gasteiger partial charge in [0.15, 0.2) is 5.13 Å². The predicted molar refractivity (Wildman–Crippen MR) is 77.5 cm³/mol. The topological polar surface area (TPSA) is 34.2 Å². The molecule has 2 rings (SSSR count). The quantitative estimate of drug-likeness (QED) is 0.853. The van der Waals surface area contributed by atoms with Crippen molar-refractivity contribution in [2.45, 2.75) is 20.5 Å². The highest BCUT2D eigenvalue weighted by Crippen LogP contribution is 2.32.